The van der Waals surface area contributed by atoms with Crippen molar-refractivity contribution in [3.63, 3.8) is 0 Å². The van der Waals surface area contributed by atoms with E-state index in [1.165, 1.54) is 6.07 Å². The Morgan fingerprint density at radius 1 is 0.583 bits per heavy atom. The maximum absolute atomic E-state index is 15.0. The molecule has 0 amide bonds. The summed E-state index contributed by atoms with van der Waals surface area (Å²) >= 11 is 0. The minimum atomic E-state index is -0.929. The summed E-state index contributed by atoms with van der Waals surface area (Å²) in [7, 11) is 0. The standard InChI is InChI=1S/C31H28F4O/c1-3-5-6-23-11-12-24(29(33)28(23)32)19-36-25-15-13-22(14-16-25)27-18-17-26(30(34)31(27)35)21-9-7-20(4-2)8-10-21/h7-18H,3-6,19H2,1-2H3. The monoisotopic (exact) mass is 492 g/mol. The Morgan fingerprint density at radius 2 is 1.11 bits per heavy atom. The number of hydrogen-bond donors (Lipinski definition) is 0. The van der Waals surface area contributed by atoms with Crippen molar-refractivity contribution >= 4 is 0 Å². The predicted octanol–water partition coefficient (Wildman–Crippen LogP) is 9.06. The highest BCUT2D eigenvalue weighted by Gasteiger charge is 2.17. The van der Waals surface area contributed by atoms with Crippen molar-refractivity contribution in [1.29, 1.82) is 0 Å². The van der Waals surface area contributed by atoms with Crippen molar-refractivity contribution in [2.45, 2.75) is 46.1 Å². The Balaban J connectivity index is 1.48. The average Bonchev–Trinajstić information content (AvgIpc) is 2.91. The highest BCUT2D eigenvalue weighted by molar-refractivity contribution is 5.72. The van der Waals surface area contributed by atoms with Gasteiger partial charge in [-0.3, -0.25) is 0 Å². The fraction of sp³-hybridized carbons (Fsp3) is 0.226. The van der Waals surface area contributed by atoms with E-state index in [0.717, 1.165) is 24.8 Å². The van der Waals surface area contributed by atoms with E-state index >= 15 is 0 Å². The maximum Gasteiger partial charge on any atom is 0.167 e. The third kappa shape index (κ3) is 5.46. The zero-order valence-electron chi connectivity index (χ0n) is 20.4. The molecule has 0 aliphatic carbocycles. The topological polar surface area (TPSA) is 9.23 Å². The van der Waals surface area contributed by atoms with Gasteiger partial charge >= 0.3 is 0 Å². The Hall–Kier alpha value is -3.60. The van der Waals surface area contributed by atoms with Crippen LogP contribution in [0.15, 0.2) is 72.8 Å². The summed E-state index contributed by atoms with van der Waals surface area (Å²) in [5.74, 6) is -3.16. The van der Waals surface area contributed by atoms with Crippen molar-refractivity contribution < 1.29 is 22.3 Å². The van der Waals surface area contributed by atoms with E-state index in [9.17, 15) is 17.6 Å². The number of unbranched alkanes of at least 4 members (excludes halogenated alkanes) is 1. The second-order valence-electron chi connectivity index (χ2n) is 8.77. The van der Waals surface area contributed by atoms with Crippen molar-refractivity contribution in [3.05, 3.63) is 113 Å². The van der Waals surface area contributed by atoms with Gasteiger partial charge in [0, 0.05) is 16.7 Å². The van der Waals surface area contributed by atoms with Crippen LogP contribution in [0.3, 0.4) is 0 Å². The zero-order chi connectivity index (χ0) is 25.7. The third-order valence-electron chi connectivity index (χ3n) is 6.36. The molecular formula is C31H28F4O. The lowest BCUT2D eigenvalue weighted by atomic mass is 9.98. The van der Waals surface area contributed by atoms with Crippen LogP contribution in [0.25, 0.3) is 22.3 Å². The molecule has 0 atom stereocenters. The molecule has 0 heterocycles. The third-order valence-corrected chi connectivity index (χ3v) is 6.36. The highest BCUT2D eigenvalue weighted by atomic mass is 19.2. The van der Waals surface area contributed by atoms with Crippen LogP contribution < -0.4 is 4.74 Å². The molecular weight excluding hydrogens is 464 g/mol. The molecule has 0 aliphatic rings. The summed E-state index contributed by atoms with van der Waals surface area (Å²) in [5.41, 5.74) is 3.02. The van der Waals surface area contributed by atoms with Crippen LogP contribution in [0.1, 0.15) is 43.4 Å². The number of benzene rings is 4. The number of rotatable bonds is 9. The van der Waals surface area contributed by atoms with E-state index < -0.39 is 23.3 Å². The summed E-state index contributed by atoms with van der Waals surface area (Å²) in [6.45, 7) is 3.88. The molecule has 0 unspecified atom stereocenters. The smallest absolute Gasteiger partial charge is 0.167 e. The largest absolute Gasteiger partial charge is 0.489 e. The van der Waals surface area contributed by atoms with Gasteiger partial charge < -0.3 is 4.74 Å². The normalized spacial score (nSPS) is 11.1. The fourth-order valence-corrected chi connectivity index (χ4v) is 4.11. The number of hydrogen-bond acceptors (Lipinski definition) is 1. The first-order valence-corrected chi connectivity index (χ1v) is 12.2. The molecule has 4 aromatic carbocycles. The van der Waals surface area contributed by atoms with Crippen LogP contribution in [0.2, 0.25) is 0 Å². The molecule has 186 valence electrons. The zero-order valence-corrected chi connectivity index (χ0v) is 20.4. The van der Waals surface area contributed by atoms with Gasteiger partial charge in [-0.15, -0.1) is 0 Å². The van der Waals surface area contributed by atoms with Gasteiger partial charge in [-0.1, -0.05) is 80.9 Å². The summed E-state index contributed by atoms with van der Waals surface area (Å²) < 4.78 is 64.2. The van der Waals surface area contributed by atoms with Gasteiger partial charge in [-0.05, 0) is 53.6 Å². The van der Waals surface area contributed by atoms with E-state index in [1.807, 2.05) is 26.0 Å². The molecule has 1 nitrogen and oxygen atoms in total. The Morgan fingerprint density at radius 3 is 1.67 bits per heavy atom. The molecule has 36 heavy (non-hydrogen) atoms. The fourth-order valence-electron chi connectivity index (χ4n) is 4.11. The van der Waals surface area contributed by atoms with Crippen LogP contribution in [0.5, 0.6) is 5.75 Å². The molecule has 0 spiro atoms. The van der Waals surface area contributed by atoms with E-state index in [4.69, 9.17) is 4.74 Å². The summed E-state index contributed by atoms with van der Waals surface area (Å²) in [4.78, 5) is 0. The quantitative estimate of drug-likeness (QED) is 0.212. The average molecular weight is 493 g/mol. The van der Waals surface area contributed by atoms with Crippen molar-refractivity contribution in [2.75, 3.05) is 0 Å². The Bertz CT molecular complexity index is 1330. The Labute approximate surface area is 209 Å². The van der Waals surface area contributed by atoms with E-state index in [2.05, 4.69) is 0 Å². The van der Waals surface area contributed by atoms with Gasteiger partial charge in [0.1, 0.15) is 12.4 Å². The second kappa shape index (κ2) is 11.4. The first kappa shape index (κ1) is 25.5. The molecule has 0 N–H and O–H groups in total. The van der Waals surface area contributed by atoms with Gasteiger partial charge in [0.25, 0.3) is 0 Å². The molecule has 4 rings (SSSR count). The van der Waals surface area contributed by atoms with Gasteiger partial charge in [-0.2, -0.15) is 0 Å². The van der Waals surface area contributed by atoms with Gasteiger partial charge in [0.05, 0.1) is 0 Å². The van der Waals surface area contributed by atoms with E-state index in [1.54, 1.807) is 54.6 Å². The first-order chi connectivity index (χ1) is 17.4. The minimum Gasteiger partial charge on any atom is -0.489 e. The molecule has 0 radical (unpaired) electrons. The Kier molecular flexibility index (Phi) is 8.09. The molecule has 4 aromatic rings. The highest BCUT2D eigenvalue weighted by Crippen LogP contribution is 2.32. The molecule has 5 heteroatoms. The van der Waals surface area contributed by atoms with Crippen molar-refractivity contribution in [2.24, 2.45) is 0 Å². The van der Waals surface area contributed by atoms with Crippen LogP contribution in [-0.4, -0.2) is 0 Å². The predicted molar refractivity (Wildman–Crippen MR) is 136 cm³/mol. The summed E-state index contributed by atoms with van der Waals surface area (Å²) in [5, 5.41) is 0. The van der Waals surface area contributed by atoms with Gasteiger partial charge in [-0.25, -0.2) is 17.6 Å². The lowest BCUT2D eigenvalue weighted by molar-refractivity contribution is 0.297. The van der Waals surface area contributed by atoms with Crippen LogP contribution >= 0.6 is 0 Å². The van der Waals surface area contributed by atoms with Crippen LogP contribution in [0.4, 0.5) is 17.6 Å². The van der Waals surface area contributed by atoms with Crippen molar-refractivity contribution in [1.82, 2.24) is 0 Å². The van der Waals surface area contributed by atoms with Crippen LogP contribution in [0, 0.1) is 23.3 Å². The lowest BCUT2D eigenvalue weighted by Gasteiger charge is -2.12. The minimum absolute atomic E-state index is 0.118. The molecule has 0 saturated carbocycles. The molecule has 0 fully saturated rings. The molecule has 0 bridgehead atoms. The number of halogens is 4. The number of aryl methyl sites for hydroxylation is 2. The van der Waals surface area contributed by atoms with Crippen molar-refractivity contribution in [3.8, 4) is 28.0 Å². The molecule has 0 aliphatic heterocycles. The van der Waals surface area contributed by atoms with E-state index in [-0.39, 0.29) is 23.3 Å². The summed E-state index contributed by atoms with van der Waals surface area (Å²) in [6, 6.07) is 20.0. The SMILES string of the molecule is CCCCc1ccc(COc2ccc(-c3ccc(-c4ccc(CC)cc4)c(F)c3F)cc2)c(F)c1F. The molecule has 0 saturated heterocycles. The van der Waals surface area contributed by atoms with E-state index in [0.29, 0.717) is 28.9 Å². The lowest BCUT2D eigenvalue weighted by Crippen LogP contribution is -2.03. The number of ether oxygens (including phenoxy) is 1. The van der Waals surface area contributed by atoms with Gasteiger partial charge in [0.2, 0.25) is 0 Å². The first-order valence-electron chi connectivity index (χ1n) is 12.2. The second-order valence-corrected chi connectivity index (χ2v) is 8.77. The van der Waals surface area contributed by atoms with Crippen LogP contribution in [-0.2, 0) is 19.4 Å². The maximum atomic E-state index is 15.0. The summed E-state index contributed by atoms with van der Waals surface area (Å²) in [6.07, 6.45) is 3.05. The molecule has 0 aromatic heterocycles. The van der Waals surface area contributed by atoms with Gasteiger partial charge in [0.15, 0.2) is 23.3 Å².